The Balaban J connectivity index is 1.30. The molecule has 2 aromatic rings. The Morgan fingerprint density at radius 1 is 1.26 bits per heavy atom. The van der Waals surface area contributed by atoms with Crippen molar-refractivity contribution in [3.63, 3.8) is 0 Å². The van der Waals surface area contributed by atoms with Crippen molar-refractivity contribution in [3.05, 3.63) is 23.0 Å². The van der Waals surface area contributed by atoms with Crippen LogP contribution in [0.2, 0.25) is 0 Å². The summed E-state index contributed by atoms with van der Waals surface area (Å²) in [6.45, 7) is 1.83. The summed E-state index contributed by atoms with van der Waals surface area (Å²) in [5, 5.41) is 18.0. The van der Waals surface area contributed by atoms with Gasteiger partial charge in [0.15, 0.2) is 0 Å². The molecule has 0 bridgehead atoms. The van der Waals surface area contributed by atoms with Gasteiger partial charge in [-0.25, -0.2) is 0 Å². The van der Waals surface area contributed by atoms with Gasteiger partial charge in [0.25, 0.3) is 5.91 Å². The maximum atomic E-state index is 12.2. The van der Waals surface area contributed by atoms with Crippen LogP contribution in [-0.4, -0.2) is 45.0 Å². The summed E-state index contributed by atoms with van der Waals surface area (Å²) in [7, 11) is 1.81. The molecule has 122 valence electrons. The fourth-order valence-electron chi connectivity index (χ4n) is 2.87. The normalized spacial score (nSPS) is 19.1. The minimum absolute atomic E-state index is 0.0384. The highest BCUT2D eigenvalue weighted by Gasteiger charge is 2.29. The maximum Gasteiger partial charge on any atom is 0.254 e. The van der Waals surface area contributed by atoms with Crippen molar-refractivity contribution in [3.8, 4) is 0 Å². The van der Waals surface area contributed by atoms with Crippen molar-refractivity contribution < 1.29 is 4.79 Å². The van der Waals surface area contributed by atoms with E-state index < -0.39 is 0 Å². The van der Waals surface area contributed by atoms with Crippen LogP contribution in [0.3, 0.4) is 0 Å². The van der Waals surface area contributed by atoms with Crippen molar-refractivity contribution >= 4 is 22.4 Å². The lowest BCUT2D eigenvalue weighted by Gasteiger charge is -2.31. The third-order valence-corrected chi connectivity index (χ3v) is 5.57. The zero-order chi connectivity index (χ0) is 15.8. The van der Waals surface area contributed by atoms with Crippen molar-refractivity contribution in [1.82, 2.24) is 25.3 Å². The molecule has 0 atom stereocenters. The van der Waals surface area contributed by atoms with E-state index in [1.165, 1.54) is 17.8 Å². The third-order valence-electron chi connectivity index (χ3n) is 4.42. The molecule has 2 aliphatic rings. The highest BCUT2D eigenvalue weighted by molar-refractivity contribution is 7.15. The van der Waals surface area contributed by atoms with E-state index in [9.17, 15) is 4.79 Å². The molecule has 0 spiro atoms. The predicted octanol–water partition coefficient (Wildman–Crippen LogP) is 1.55. The average molecular weight is 332 g/mol. The summed E-state index contributed by atoms with van der Waals surface area (Å²) in [6.07, 6.45) is 7.74. The van der Waals surface area contributed by atoms with Gasteiger partial charge in [-0.05, 0) is 25.7 Å². The molecule has 7 nitrogen and oxygen atoms in total. The highest BCUT2D eigenvalue weighted by Crippen LogP contribution is 2.42. The molecule has 23 heavy (non-hydrogen) atoms. The summed E-state index contributed by atoms with van der Waals surface area (Å²) in [5.41, 5.74) is 0.619. The number of nitrogens with zero attached hydrogens (tertiary/aromatic N) is 5. The highest BCUT2D eigenvalue weighted by atomic mass is 32.1. The number of carbonyl (C=O) groups excluding carboxylic acids is 1. The van der Waals surface area contributed by atoms with Gasteiger partial charge in [0.05, 0.1) is 11.8 Å². The minimum Gasteiger partial charge on any atom is -0.349 e. The van der Waals surface area contributed by atoms with Crippen LogP contribution in [0.1, 0.15) is 47.0 Å². The van der Waals surface area contributed by atoms with Gasteiger partial charge in [0.2, 0.25) is 5.13 Å². The Hall–Kier alpha value is -1.96. The van der Waals surface area contributed by atoms with E-state index in [-0.39, 0.29) is 11.9 Å². The number of amides is 1. The molecule has 1 aliphatic carbocycles. The van der Waals surface area contributed by atoms with Crippen LogP contribution >= 0.6 is 11.3 Å². The molecule has 0 aromatic carbocycles. The van der Waals surface area contributed by atoms with Gasteiger partial charge in [0, 0.05) is 38.3 Å². The van der Waals surface area contributed by atoms with E-state index in [0.717, 1.165) is 31.1 Å². The van der Waals surface area contributed by atoms with Gasteiger partial charge in [0.1, 0.15) is 5.01 Å². The number of aromatic nitrogens is 4. The van der Waals surface area contributed by atoms with Crippen molar-refractivity contribution in [2.75, 3.05) is 18.0 Å². The maximum absolute atomic E-state index is 12.2. The van der Waals surface area contributed by atoms with Crippen molar-refractivity contribution in [1.29, 1.82) is 0 Å². The number of nitrogens with one attached hydrogen (secondary N) is 1. The SMILES string of the molecule is Cn1cc(C(=O)NC2CCN(c3nnc(C4CC4)s3)CC2)cn1. The molecule has 4 rings (SSSR count). The minimum atomic E-state index is -0.0384. The number of hydrogen-bond donors (Lipinski definition) is 1. The number of carbonyl (C=O) groups is 1. The Kier molecular flexibility index (Phi) is 3.76. The van der Waals surface area contributed by atoms with Crippen molar-refractivity contribution in [2.45, 2.75) is 37.6 Å². The molecule has 0 unspecified atom stereocenters. The molecule has 1 saturated carbocycles. The zero-order valence-corrected chi connectivity index (χ0v) is 13.9. The number of anilines is 1. The van der Waals surface area contributed by atoms with Crippen LogP contribution in [-0.2, 0) is 7.05 Å². The quantitative estimate of drug-likeness (QED) is 0.919. The molecular weight excluding hydrogens is 312 g/mol. The molecule has 1 amide bonds. The van der Waals surface area contributed by atoms with Gasteiger partial charge in [-0.1, -0.05) is 11.3 Å². The average Bonchev–Trinajstić information content (AvgIpc) is 3.12. The first-order chi connectivity index (χ1) is 11.2. The summed E-state index contributed by atoms with van der Waals surface area (Å²) >= 11 is 1.73. The predicted molar refractivity (Wildman–Crippen MR) is 87.8 cm³/mol. The fraction of sp³-hybridized carbons (Fsp3) is 0.600. The first-order valence-electron chi connectivity index (χ1n) is 8.07. The Morgan fingerprint density at radius 3 is 2.70 bits per heavy atom. The van der Waals surface area contributed by atoms with Gasteiger partial charge in [-0.2, -0.15) is 5.10 Å². The molecule has 2 fully saturated rings. The largest absolute Gasteiger partial charge is 0.349 e. The third kappa shape index (κ3) is 3.21. The summed E-state index contributed by atoms with van der Waals surface area (Å²) in [4.78, 5) is 14.5. The Labute approximate surface area is 138 Å². The topological polar surface area (TPSA) is 75.9 Å². The molecule has 1 aliphatic heterocycles. The number of rotatable bonds is 4. The molecule has 0 radical (unpaired) electrons. The van der Waals surface area contributed by atoms with Gasteiger partial charge >= 0.3 is 0 Å². The van der Waals surface area contributed by atoms with Crippen LogP contribution in [0, 0.1) is 0 Å². The summed E-state index contributed by atoms with van der Waals surface area (Å²) in [5.74, 6) is 0.626. The summed E-state index contributed by atoms with van der Waals surface area (Å²) < 4.78 is 1.64. The fourth-order valence-corrected chi connectivity index (χ4v) is 3.94. The van der Waals surface area contributed by atoms with Gasteiger partial charge in [-0.15, -0.1) is 10.2 Å². The standard InChI is InChI=1S/C15H20N6OS/c1-20-9-11(8-16-20)13(22)17-12-4-6-21(7-5-12)15-19-18-14(23-15)10-2-3-10/h8-10,12H,2-7H2,1H3,(H,17,22). The van der Waals surface area contributed by atoms with E-state index in [1.807, 2.05) is 7.05 Å². The van der Waals surface area contributed by atoms with E-state index >= 15 is 0 Å². The van der Waals surface area contributed by atoms with Gasteiger partial charge in [-0.3, -0.25) is 9.48 Å². The summed E-state index contributed by atoms with van der Waals surface area (Å²) in [6, 6.07) is 0.217. The van der Waals surface area contributed by atoms with E-state index in [2.05, 4.69) is 25.5 Å². The van der Waals surface area contributed by atoms with Gasteiger partial charge < -0.3 is 10.2 Å². The monoisotopic (exact) mass is 332 g/mol. The first-order valence-corrected chi connectivity index (χ1v) is 8.88. The molecule has 1 N–H and O–H groups in total. The Bertz CT molecular complexity index is 698. The number of aryl methyl sites for hydroxylation is 1. The van der Waals surface area contributed by atoms with Crippen LogP contribution in [0.25, 0.3) is 0 Å². The second-order valence-corrected chi connectivity index (χ2v) is 7.32. The van der Waals surface area contributed by atoms with Crippen LogP contribution in [0.15, 0.2) is 12.4 Å². The molecule has 3 heterocycles. The Morgan fingerprint density at radius 2 is 2.04 bits per heavy atom. The van der Waals surface area contributed by atoms with Crippen LogP contribution < -0.4 is 10.2 Å². The van der Waals surface area contributed by atoms with E-state index in [0.29, 0.717) is 11.5 Å². The van der Waals surface area contributed by atoms with E-state index in [1.54, 1.807) is 28.4 Å². The lowest BCUT2D eigenvalue weighted by Crippen LogP contribution is -2.44. The molecular formula is C15H20N6OS. The smallest absolute Gasteiger partial charge is 0.254 e. The second kappa shape index (κ2) is 5.92. The zero-order valence-electron chi connectivity index (χ0n) is 13.1. The first kappa shape index (κ1) is 14.6. The molecule has 2 aromatic heterocycles. The molecule has 1 saturated heterocycles. The van der Waals surface area contributed by atoms with Crippen LogP contribution in [0.5, 0.6) is 0 Å². The second-order valence-electron chi connectivity index (χ2n) is 6.33. The lowest BCUT2D eigenvalue weighted by atomic mass is 10.1. The number of piperidine rings is 1. The number of hydrogen-bond acceptors (Lipinski definition) is 6. The lowest BCUT2D eigenvalue weighted by molar-refractivity contribution is 0.0931. The molecule has 8 heteroatoms. The van der Waals surface area contributed by atoms with E-state index in [4.69, 9.17) is 0 Å². The van der Waals surface area contributed by atoms with Crippen LogP contribution in [0.4, 0.5) is 5.13 Å². The van der Waals surface area contributed by atoms with Crippen molar-refractivity contribution in [2.24, 2.45) is 7.05 Å².